The van der Waals surface area contributed by atoms with Gasteiger partial charge in [-0.3, -0.25) is 9.69 Å². The van der Waals surface area contributed by atoms with Crippen molar-refractivity contribution in [2.45, 2.75) is 25.3 Å². The lowest BCUT2D eigenvalue weighted by atomic mass is 10.0. The highest BCUT2D eigenvalue weighted by molar-refractivity contribution is 5.75. The summed E-state index contributed by atoms with van der Waals surface area (Å²) in [5, 5.41) is 2.72. The minimum absolute atomic E-state index is 0.139. The van der Waals surface area contributed by atoms with Crippen molar-refractivity contribution in [1.29, 1.82) is 0 Å². The Balaban J connectivity index is 1.47. The smallest absolute Gasteiger partial charge is 0.221 e. The number of hydrogen-bond acceptors (Lipinski definition) is 5. The van der Waals surface area contributed by atoms with Crippen molar-refractivity contribution in [3.05, 3.63) is 24.3 Å². The van der Waals surface area contributed by atoms with Gasteiger partial charge >= 0.3 is 0 Å². The Hall–Kier alpha value is -1.79. The van der Waals surface area contributed by atoms with Gasteiger partial charge in [-0.05, 0) is 43.7 Å². The molecular formula is C20H32N4O2. The molecule has 0 aliphatic carbocycles. The summed E-state index contributed by atoms with van der Waals surface area (Å²) in [6.07, 6.45) is 3.12. The normalized spacial score (nSPS) is 22.2. The molecule has 26 heavy (non-hydrogen) atoms. The fraction of sp³-hybridized carbons (Fsp3) is 0.650. The van der Waals surface area contributed by atoms with Gasteiger partial charge in [0, 0.05) is 64.5 Å². The number of piperazine rings is 1. The van der Waals surface area contributed by atoms with Crippen molar-refractivity contribution in [3.8, 4) is 5.75 Å². The van der Waals surface area contributed by atoms with Crippen LogP contribution < -0.4 is 15.0 Å². The summed E-state index contributed by atoms with van der Waals surface area (Å²) in [6.45, 7) is 7.46. The highest BCUT2D eigenvalue weighted by atomic mass is 16.5. The second kappa shape index (κ2) is 9.24. The molecule has 2 aliphatic heterocycles. The minimum atomic E-state index is 0.139. The van der Waals surface area contributed by atoms with Gasteiger partial charge in [0.2, 0.25) is 5.91 Å². The number of nitrogens with zero attached hydrogens (tertiary/aromatic N) is 3. The van der Waals surface area contributed by atoms with Crippen LogP contribution in [-0.2, 0) is 4.79 Å². The van der Waals surface area contributed by atoms with Gasteiger partial charge < -0.3 is 19.9 Å². The van der Waals surface area contributed by atoms with Crippen LogP contribution in [0.2, 0.25) is 0 Å². The van der Waals surface area contributed by atoms with E-state index in [0.29, 0.717) is 12.5 Å². The zero-order valence-electron chi connectivity index (χ0n) is 16.1. The Morgan fingerprint density at radius 2 is 1.88 bits per heavy atom. The van der Waals surface area contributed by atoms with E-state index < -0.39 is 0 Å². The van der Waals surface area contributed by atoms with E-state index in [1.165, 1.54) is 18.5 Å². The van der Waals surface area contributed by atoms with Gasteiger partial charge in [-0.1, -0.05) is 0 Å². The first-order chi connectivity index (χ1) is 12.7. The molecule has 144 valence electrons. The van der Waals surface area contributed by atoms with Crippen molar-refractivity contribution in [1.82, 2.24) is 15.1 Å². The second-order valence-electron chi connectivity index (χ2n) is 7.24. The Labute approximate surface area is 157 Å². The molecule has 2 heterocycles. The number of anilines is 1. The molecule has 6 nitrogen and oxygen atoms in total. The molecule has 2 saturated heterocycles. The molecule has 1 amide bonds. The molecule has 0 aromatic heterocycles. The first kappa shape index (κ1) is 19.0. The van der Waals surface area contributed by atoms with Crippen LogP contribution in [0, 0.1) is 0 Å². The maximum absolute atomic E-state index is 11.5. The average Bonchev–Trinajstić information content (AvgIpc) is 2.72. The number of methoxy groups -OCH3 is 1. The predicted octanol–water partition coefficient (Wildman–Crippen LogP) is 1.42. The van der Waals surface area contributed by atoms with Crippen LogP contribution in [0.25, 0.3) is 0 Å². The number of likely N-dealkylation sites (tertiary alicyclic amines) is 1. The summed E-state index contributed by atoms with van der Waals surface area (Å²) >= 11 is 0. The van der Waals surface area contributed by atoms with Crippen LogP contribution >= 0.6 is 0 Å². The zero-order chi connectivity index (χ0) is 18.4. The first-order valence-corrected chi connectivity index (χ1v) is 9.75. The van der Waals surface area contributed by atoms with Crippen molar-refractivity contribution in [2.75, 3.05) is 64.9 Å². The lowest BCUT2D eigenvalue weighted by Crippen LogP contribution is -2.55. The Kier molecular flexibility index (Phi) is 6.74. The molecule has 1 N–H and O–H groups in total. The Bertz CT molecular complexity index is 570. The molecule has 0 spiro atoms. The third-order valence-electron chi connectivity index (χ3n) is 5.68. The van der Waals surface area contributed by atoms with Gasteiger partial charge in [-0.2, -0.15) is 0 Å². The molecule has 2 fully saturated rings. The molecule has 2 aliphatic rings. The standard InChI is InChI=1S/C20H32N4O2/c1-21-20(25)9-11-22-10-3-4-18(16-22)24-14-12-23(13-15-24)17-5-7-19(26-2)8-6-17/h5-8,18H,3-4,9-16H2,1-2H3,(H,21,25). The highest BCUT2D eigenvalue weighted by Gasteiger charge is 2.28. The lowest BCUT2D eigenvalue weighted by Gasteiger charge is -2.44. The van der Waals surface area contributed by atoms with E-state index in [9.17, 15) is 4.79 Å². The second-order valence-corrected chi connectivity index (χ2v) is 7.24. The van der Waals surface area contributed by atoms with Crippen LogP contribution in [0.1, 0.15) is 19.3 Å². The van der Waals surface area contributed by atoms with Crippen LogP contribution in [0.5, 0.6) is 5.75 Å². The largest absolute Gasteiger partial charge is 0.497 e. The summed E-state index contributed by atoms with van der Waals surface area (Å²) in [5.74, 6) is 1.05. The minimum Gasteiger partial charge on any atom is -0.497 e. The molecule has 0 radical (unpaired) electrons. The fourth-order valence-electron chi connectivity index (χ4n) is 4.06. The van der Waals surface area contributed by atoms with Crippen LogP contribution in [0.3, 0.4) is 0 Å². The molecular weight excluding hydrogens is 328 g/mol. The summed E-state index contributed by atoms with van der Waals surface area (Å²) in [4.78, 5) is 19.1. The van der Waals surface area contributed by atoms with Gasteiger partial charge in [-0.25, -0.2) is 0 Å². The molecule has 1 atom stereocenters. The van der Waals surface area contributed by atoms with Crippen LogP contribution in [0.4, 0.5) is 5.69 Å². The van der Waals surface area contributed by atoms with E-state index in [-0.39, 0.29) is 5.91 Å². The molecule has 0 bridgehead atoms. The van der Waals surface area contributed by atoms with Crippen LogP contribution in [0.15, 0.2) is 24.3 Å². The number of carbonyl (C=O) groups is 1. The number of nitrogens with one attached hydrogen (secondary N) is 1. The van der Waals surface area contributed by atoms with Gasteiger partial charge in [0.1, 0.15) is 5.75 Å². The summed E-state index contributed by atoms with van der Waals surface area (Å²) in [5.41, 5.74) is 1.28. The molecule has 3 rings (SSSR count). The zero-order valence-corrected chi connectivity index (χ0v) is 16.1. The number of piperidine rings is 1. The Morgan fingerprint density at radius 1 is 1.15 bits per heavy atom. The maximum Gasteiger partial charge on any atom is 0.221 e. The van der Waals surface area contributed by atoms with Crippen molar-refractivity contribution in [2.24, 2.45) is 0 Å². The molecule has 0 saturated carbocycles. The number of hydrogen-bond donors (Lipinski definition) is 1. The topological polar surface area (TPSA) is 48.1 Å². The molecule has 6 heteroatoms. The number of ether oxygens (including phenoxy) is 1. The van der Waals surface area contributed by atoms with E-state index in [4.69, 9.17) is 4.74 Å². The monoisotopic (exact) mass is 360 g/mol. The van der Waals surface area contributed by atoms with E-state index in [0.717, 1.165) is 51.6 Å². The molecule has 1 aromatic carbocycles. The number of benzene rings is 1. The summed E-state index contributed by atoms with van der Waals surface area (Å²) in [6, 6.07) is 9.00. The quantitative estimate of drug-likeness (QED) is 0.831. The van der Waals surface area contributed by atoms with Crippen LogP contribution in [-0.4, -0.2) is 81.7 Å². The maximum atomic E-state index is 11.5. The first-order valence-electron chi connectivity index (χ1n) is 9.75. The van der Waals surface area contributed by atoms with Crippen molar-refractivity contribution >= 4 is 11.6 Å². The number of rotatable bonds is 6. The van der Waals surface area contributed by atoms with Gasteiger partial charge in [0.15, 0.2) is 0 Å². The molecule has 1 unspecified atom stereocenters. The Morgan fingerprint density at radius 3 is 2.54 bits per heavy atom. The number of carbonyl (C=O) groups excluding carboxylic acids is 1. The molecule has 1 aromatic rings. The summed E-state index contributed by atoms with van der Waals surface area (Å²) in [7, 11) is 3.42. The number of amides is 1. The SMILES string of the molecule is CNC(=O)CCN1CCCC(N2CCN(c3ccc(OC)cc3)CC2)C1. The fourth-order valence-corrected chi connectivity index (χ4v) is 4.06. The van der Waals surface area contributed by atoms with Crippen molar-refractivity contribution < 1.29 is 9.53 Å². The summed E-state index contributed by atoms with van der Waals surface area (Å²) < 4.78 is 5.25. The predicted molar refractivity (Wildman–Crippen MR) is 105 cm³/mol. The van der Waals surface area contributed by atoms with E-state index in [2.05, 4.69) is 32.1 Å². The van der Waals surface area contributed by atoms with Crippen molar-refractivity contribution in [3.63, 3.8) is 0 Å². The average molecular weight is 361 g/mol. The van der Waals surface area contributed by atoms with E-state index in [1.807, 2.05) is 12.1 Å². The van der Waals surface area contributed by atoms with E-state index in [1.54, 1.807) is 14.2 Å². The van der Waals surface area contributed by atoms with Gasteiger partial charge in [-0.15, -0.1) is 0 Å². The third-order valence-corrected chi connectivity index (χ3v) is 5.68. The lowest BCUT2D eigenvalue weighted by molar-refractivity contribution is -0.121. The third kappa shape index (κ3) is 4.89. The van der Waals surface area contributed by atoms with Gasteiger partial charge in [0.05, 0.1) is 7.11 Å². The van der Waals surface area contributed by atoms with E-state index >= 15 is 0 Å². The van der Waals surface area contributed by atoms with Gasteiger partial charge in [0.25, 0.3) is 0 Å². The highest BCUT2D eigenvalue weighted by Crippen LogP contribution is 2.23.